The van der Waals surface area contributed by atoms with Crippen LogP contribution in [0.3, 0.4) is 0 Å². The molecule has 180 valence electrons. The van der Waals surface area contributed by atoms with Crippen LogP contribution in [0.1, 0.15) is 58.1 Å². The number of hydrogen-bond donors (Lipinski definition) is 1. The third-order valence-electron chi connectivity index (χ3n) is 5.20. The Hall–Kier alpha value is -3.02. The molecule has 0 spiro atoms. The number of carbonyl (C=O) groups excluding carboxylic acids is 2. The van der Waals surface area contributed by atoms with Crippen molar-refractivity contribution >= 4 is 11.8 Å². The topological polar surface area (TPSA) is 67.9 Å². The lowest BCUT2D eigenvalue weighted by atomic mass is 10.0. The van der Waals surface area contributed by atoms with Crippen LogP contribution >= 0.6 is 0 Å². The first-order valence-electron chi connectivity index (χ1n) is 11.6. The third kappa shape index (κ3) is 8.79. The highest BCUT2D eigenvalue weighted by atomic mass is 16.5. The molecule has 6 nitrogen and oxygen atoms in total. The highest BCUT2D eigenvalue weighted by Crippen LogP contribution is 2.19. The number of nitrogens with zero attached hydrogens (tertiary/aromatic N) is 1. The average Bonchev–Trinajstić information content (AvgIpc) is 2.76. The van der Waals surface area contributed by atoms with E-state index in [1.807, 2.05) is 83.1 Å². The van der Waals surface area contributed by atoms with Crippen LogP contribution in [0.15, 0.2) is 48.5 Å². The minimum atomic E-state index is -0.555. The van der Waals surface area contributed by atoms with Gasteiger partial charge in [-0.15, -0.1) is 0 Å². The lowest BCUT2D eigenvalue weighted by Crippen LogP contribution is -2.53. The van der Waals surface area contributed by atoms with Crippen molar-refractivity contribution in [3.63, 3.8) is 0 Å². The zero-order chi connectivity index (χ0) is 24.4. The van der Waals surface area contributed by atoms with Crippen molar-refractivity contribution < 1.29 is 19.1 Å². The highest BCUT2D eigenvalue weighted by molar-refractivity contribution is 5.88. The van der Waals surface area contributed by atoms with Gasteiger partial charge < -0.3 is 19.7 Å². The predicted octanol–water partition coefficient (Wildman–Crippen LogP) is 4.88. The van der Waals surface area contributed by atoms with Crippen LogP contribution in [0.5, 0.6) is 11.5 Å². The molecule has 0 saturated heterocycles. The van der Waals surface area contributed by atoms with E-state index in [1.165, 1.54) is 5.56 Å². The number of aryl methyl sites for hydroxylation is 1. The molecule has 33 heavy (non-hydrogen) atoms. The van der Waals surface area contributed by atoms with Crippen LogP contribution in [0.4, 0.5) is 0 Å². The van der Waals surface area contributed by atoms with Gasteiger partial charge in [0.05, 0.1) is 13.7 Å². The molecule has 0 bridgehead atoms. The number of ether oxygens (including phenoxy) is 2. The zero-order valence-corrected chi connectivity index (χ0v) is 20.8. The van der Waals surface area contributed by atoms with E-state index in [2.05, 4.69) is 5.32 Å². The highest BCUT2D eigenvalue weighted by Gasteiger charge is 2.30. The van der Waals surface area contributed by atoms with E-state index >= 15 is 0 Å². The summed E-state index contributed by atoms with van der Waals surface area (Å²) in [6.07, 6.45) is 1.39. The van der Waals surface area contributed by atoms with Crippen molar-refractivity contribution in [2.24, 2.45) is 0 Å². The molecule has 0 fully saturated rings. The molecule has 0 aliphatic heterocycles. The molecule has 0 heterocycles. The van der Waals surface area contributed by atoms with Gasteiger partial charge in [0.15, 0.2) is 0 Å². The molecule has 2 aromatic carbocycles. The summed E-state index contributed by atoms with van der Waals surface area (Å²) in [5, 5.41) is 3.02. The van der Waals surface area contributed by atoms with Gasteiger partial charge in [0, 0.05) is 18.5 Å². The molecule has 2 rings (SSSR count). The quantitative estimate of drug-likeness (QED) is 0.491. The fourth-order valence-electron chi connectivity index (χ4n) is 3.53. The normalized spacial score (nSPS) is 12.1. The van der Waals surface area contributed by atoms with Gasteiger partial charge in [0.2, 0.25) is 11.8 Å². The smallest absolute Gasteiger partial charge is 0.243 e. The van der Waals surface area contributed by atoms with Crippen molar-refractivity contribution in [3.8, 4) is 11.5 Å². The molecule has 1 atom stereocenters. The van der Waals surface area contributed by atoms with Crippen molar-refractivity contribution in [2.45, 2.75) is 72.0 Å². The van der Waals surface area contributed by atoms with Gasteiger partial charge in [-0.05, 0) is 70.4 Å². The molecule has 0 unspecified atom stereocenters. The third-order valence-corrected chi connectivity index (χ3v) is 5.20. The fraction of sp³-hybridized carbons (Fsp3) is 0.481. The summed E-state index contributed by atoms with van der Waals surface area (Å²) in [5.74, 6) is 1.30. The summed E-state index contributed by atoms with van der Waals surface area (Å²) in [6, 6.07) is 14.9. The zero-order valence-electron chi connectivity index (χ0n) is 20.8. The molecular weight excluding hydrogens is 416 g/mol. The Bertz CT molecular complexity index is 903. The van der Waals surface area contributed by atoms with Gasteiger partial charge in [-0.3, -0.25) is 9.59 Å². The predicted molar refractivity (Wildman–Crippen MR) is 131 cm³/mol. The van der Waals surface area contributed by atoms with E-state index in [0.29, 0.717) is 32.4 Å². The molecule has 0 aromatic heterocycles. The number of hydrogen-bond acceptors (Lipinski definition) is 4. The van der Waals surface area contributed by atoms with E-state index in [0.717, 1.165) is 17.1 Å². The Labute approximate surface area is 198 Å². The molecule has 0 aliphatic carbocycles. The second-order valence-corrected chi connectivity index (χ2v) is 9.30. The number of amides is 2. The number of rotatable bonds is 11. The minimum Gasteiger partial charge on any atom is -0.497 e. The lowest BCUT2D eigenvalue weighted by Gasteiger charge is -2.33. The van der Waals surface area contributed by atoms with Crippen molar-refractivity contribution in [2.75, 3.05) is 13.7 Å². The average molecular weight is 455 g/mol. The molecule has 6 heteroatoms. The lowest BCUT2D eigenvalue weighted by molar-refractivity contribution is -0.142. The van der Waals surface area contributed by atoms with Gasteiger partial charge in [-0.1, -0.05) is 36.8 Å². The van der Waals surface area contributed by atoms with Crippen LogP contribution in [0, 0.1) is 6.92 Å². The maximum atomic E-state index is 13.3. The first-order chi connectivity index (χ1) is 15.6. The standard InChI is InChI=1S/C27H38N2O4/c1-7-24(26(31)28-27(3,4)5)29(19-21-10-8-11-23(18-21)32-6)25(30)12-9-17-33-22-15-13-20(2)14-16-22/h8,10-11,13-16,18,24H,7,9,12,17,19H2,1-6H3,(H,28,31)/t24-/m0/s1. The van der Waals surface area contributed by atoms with E-state index < -0.39 is 6.04 Å². The van der Waals surface area contributed by atoms with Crippen LogP contribution in [-0.2, 0) is 16.1 Å². The summed E-state index contributed by atoms with van der Waals surface area (Å²) < 4.78 is 11.1. The largest absolute Gasteiger partial charge is 0.497 e. The number of nitrogens with one attached hydrogen (secondary N) is 1. The Morgan fingerprint density at radius 1 is 1.06 bits per heavy atom. The van der Waals surface area contributed by atoms with Gasteiger partial charge in [0.25, 0.3) is 0 Å². The van der Waals surface area contributed by atoms with Gasteiger partial charge in [-0.25, -0.2) is 0 Å². The number of methoxy groups -OCH3 is 1. The Morgan fingerprint density at radius 2 is 1.76 bits per heavy atom. The summed E-state index contributed by atoms with van der Waals surface area (Å²) in [5.41, 5.74) is 1.71. The van der Waals surface area contributed by atoms with Crippen LogP contribution in [0.25, 0.3) is 0 Å². The SMILES string of the molecule is CC[C@@H](C(=O)NC(C)(C)C)N(Cc1cccc(OC)c1)C(=O)CCCOc1ccc(C)cc1. The first kappa shape index (κ1) is 26.2. The van der Waals surface area contributed by atoms with Gasteiger partial charge in [0.1, 0.15) is 17.5 Å². The summed E-state index contributed by atoms with van der Waals surface area (Å²) in [4.78, 5) is 28.0. The van der Waals surface area contributed by atoms with Gasteiger partial charge in [-0.2, -0.15) is 0 Å². The maximum absolute atomic E-state index is 13.3. The molecule has 0 aliphatic rings. The Kier molecular flexibility index (Phi) is 9.76. The molecule has 2 amide bonds. The monoisotopic (exact) mass is 454 g/mol. The van der Waals surface area contributed by atoms with Crippen molar-refractivity contribution in [3.05, 3.63) is 59.7 Å². The van der Waals surface area contributed by atoms with Crippen LogP contribution < -0.4 is 14.8 Å². The maximum Gasteiger partial charge on any atom is 0.243 e. The van der Waals surface area contributed by atoms with E-state index in [1.54, 1.807) is 12.0 Å². The second kappa shape index (κ2) is 12.3. The number of carbonyl (C=O) groups is 2. The minimum absolute atomic E-state index is 0.0683. The van der Waals surface area contributed by atoms with Crippen LogP contribution in [0.2, 0.25) is 0 Å². The van der Waals surface area contributed by atoms with Crippen LogP contribution in [-0.4, -0.2) is 42.0 Å². The molecule has 0 radical (unpaired) electrons. The summed E-state index contributed by atoms with van der Waals surface area (Å²) in [7, 11) is 1.61. The Balaban J connectivity index is 2.10. The van der Waals surface area contributed by atoms with Crippen molar-refractivity contribution in [1.29, 1.82) is 0 Å². The van der Waals surface area contributed by atoms with E-state index in [9.17, 15) is 9.59 Å². The van der Waals surface area contributed by atoms with E-state index in [4.69, 9.17) is 9.47 Å². The molecular formula is C27H38N2O4. The summed E-state index contributed by atoms with van der Waals surface area (Å²) in [6.45, 7) is 10.5. The Morgan fingerprint density at radius 3 is 2.36 bits per heavy atom. The number of benzene rings is 2. The van der Waals surface area contributed by atoms with E-state index in [-0.39, 0.29) is 17.4 Å². The first-order valence-corrected chi connectivity index (χ1v) is 11.6. The van der Waals surface area contributed by atoms with Crippen molar-refractivity contribution in [1.82, 2.24) is 10.2 Å². The molecule has 1 N–H and O–H groups in total. The fourth-order valence-corrected chi connectivity index (χ4v) is 3.53. The molecule has 0 saturated carbocycles. The van der Waals surface area contributed by atoms with Gasteiger partial charge >= 0.3 is 0 Å². The second-order valence-electron chi connectivity index (χ2n) is 9.30. The molecule has 2 aromatic rings. The summed E-state index contributed by atoms with van der Waals surface area (Å²) >= 11 is 0.